The number of phenolic OH excluding ortho intramolecular Hbond substituents is 1. The quantitative estimate of drug-likeness (QED) is 0.679. The van der Waals surface area contributed by atoms with Crippen LogP contribution in [0.5, 0.6) is 5.75 Å². The number of aromatic nitrogens is 2. The maximum Gasteiger partial charge on any atom is 0.117 e. The maximum atomic E-state index is 9.51. The molecule has 120 valence electrons. The van der Waals surface area contributed by atoms with Gasteiger partial charge in [0.2, 0.25) is 0 Å². The Morgan fingerprint density at radius 1 is 1.13 bits per heavy atom. The molecule has 2 aromatic heterocycles. The molecule has 23 heavy (non-hydrogen) atoms. The number of fused-ring (bicyclic) bond motifs is 1. The van der Waals surface area contributed by atoms with E-state index in [0.29, 0.717) is 10.9 Å². The van der Waals surface area contributed by atoms with Crippen molar-refractivity contribution in [2.24, 2.45) is 0 Å². The van der Waals surface area contributed by atoms with E-state index in [-0.39, 0.29) is 5.75 Å². The van der Waals surface area contributed by atoms with E-state index in [1.807, 2.05) is 4.52 Å². The third kappa shape index (κ3) is 2.93. The molecule has 0 spiro atoms. The second-order valence-electron chi connectivity index (χ2n) is 5.97. The van der Waals surface area contributed by atoms with Crippen molar-refractivity contribution < 1.29 is 5.11 Å². The van der Waals surface area contributed by atoms with Crippen molar-refractivity contribution in [2.75, 3.05) is 0 Å². The van der Waals surface area contributed by atoms with Crippen LogP contribution in [0, 0.1) is 6.92 Å². The van der Waals surface area contributed by atoms with Crippen LogP contribution in [0.3, 0.4) is 0 Å². The molecule has 0 unspecified atom stereocenters. The van der Waals surface area contributed by atoms with Gasteiger partial charge in [0.05, 0.1) is 16.2 Å². The molecule has 0 aliphatic carbocycles. The zero-order chi connectivity index (χ0) is 16.6. The lowest BCUT2D eigenvalue weighted by Crippen LogP contribution is -2.00. The zero-order valence-electron chi connectivity index (χ0n) is 13.7. The second-order valence-corrected chi connectivity index (χ2v) is 6.38. The van der Waals surface area contributed by atoms with Crippen molar-refractivity contribution in [1.82, 2.24) is 9.61 Å². The van der Waals surface area contributed by atoms with Gasteiger partial charge in [0.25, 0.3) is 0 Å². The predicted octanol–water partition coefficient (Wildman–Crippen LogP) is 5.57. The van der Waals surface area contributed by atoms with E-state index in [9.17, 15) is 5.11 Å². The zero-order valence-corrected chi connectivity index (χ0v) is 14.4. The van der Waals surface area contributed by atoms with E-state index in [4.69, 9.17) is 11.6 Å². The Morgan fingerprint density at radius 2 is 1.87 bits per heavy atom. The fourth-order valence-corrected chi connectivity index (χ4v) is 3.41. The lowest BCUT2D eigenvalue weighted by Gasteiger charge is -2.14. The van der Waals surface area contributed by atoms with Crippen LogP contribution >= 0.6 is 11.6 Å². The number of halogens is 1. The molecule has 3 aromatic rings. The minimum absolute atomic E-state index is 0.162. The summed E-state index contributed by atoms with van der Waals surface area (Å²) in [6.45, 7) is 6.53. The maximum absolute atomic E-state index is 9.51. The topological polar surface area (TPSA) is 37.5 Å². The fourth-order valence-electron chi connectivity index (χ4n) is 3.13. The molecule has 3 nitrogen and oxygen atoms in total. The Bertz CT molecular complexity index is 850. The highest BCUT2D eigenvalue weighted by Crippen LogP contribution is 2.32. The summed E-state index contributed by atoms with van der Waals surface area (Å²) in [5.74, 6) is 0.740. The van der Waals surface area contributed by atoms with Crippen molar-refractivity contribution in [3.8, 4) is 17.0 Å². The van der Waals surface area contributed by atoms with Crippen LogP contribution in [0.4, 0.5) is 0 Å². The minimum atomic E-state index is 0.162. The SMILES string of the molecule is CCC(CC)c1cc(C)n2nc(-c3ccc(O)cc3Cl)cc2c1. The third-order valence-corrected chi connectivity index (χ3v) is 4.76. The molecule has 1 aromatic carbocycles. The van der Waals surface area contributed by atoms with Crippen molar-refractivity contribution in [3.05, 3.63) is 52.7 Å². The Balaban J connectivity index is 2.13. The number of nitrogens with zero attached hydrogens (tertiary/aromatic N) is 2. The Labute approximate surface area is 141 Å². The summed E-state index contributed by atoms with van der Waals surface area (Å²) in [7, 11) is 0. The molecular formula is C19H21ClN2O. The molecule has 0 radical (unpaired) electrons. The van der Waals surface area contributed by atoms with Crippen LogP contribution in [0.25, 0.3) is 16.8 Å². The number of aryl methyl sites for hydroxylation is 1. The van der Waals surface area contributed by atoms with Gasteiger partial charge in [0.1, 0.15) is 5.75 Å². The summed E-state index contributed by atoms with van der Waals surface area (Å²) < 4.78 is 1.95. The normalized spacial score (nSPS) is 11.5. The van der Waals surface area contributed by atoms with Gasteiger partial charge in [-0.3, -0.25) is 0 Å². The average molecular weight is 329 g/mol. The summed E-state index contributed by atoms with van der Waals surface area (Å²) >= 11 is 6.25. The molecule has 0 amide bonds. The first kappa shape index (κ1) is 15.9. The second kappa shape index (κ2) is 6.25. The predicted molar refractivity (Wildman–Crippen MR) is 95.4 cm³/mol. The van der Waals surface area contributed by atoms with Crippen LogP contribution < -0.4 is 0 Å². The minimum Gasteiger partial charge on any atom is -0.508 e. The van der Waals surface area contributed by atoms with Gasteiger partial charge in [-0.15, -0.1) is 0 Å². The summed E-state index contributed by atoms with van der Waals surface area (Å²) in [6.07, 6.45) is 2.27. The van der Waals surface area contributed by atoms with Crippen molar-refractivity contribution in [1.29, 1.82) is 0 Å². The van der Waals surface area contributed by atoms with Gasteiger partial charge in [-0.05, 0) is 67.6 Å². The first-order valence-electron chi connectivity index (χ1n) is 8.02. The highest BCUT2D eigenvalue weighted by atomic mass is 35.5. The monoisotopic (exact) mass is 328 g/mol. The Morgan fingerprint density at radius 3 is 2.52 bits per heavy atom. The molecule has 1 N–H and O–H groups in total. The first-order valence-corrected chi connectivity index (χ1v) is 8.40. The molecule has 0 bridgehead atoms. The van der Waals surface area contributed by atoms with E-state index in [1.165, 1.54) is 5.56 Å². The highest BCUT2D eigenvalue weighted by Gasteiger charge is 2.13. The summed E-state index contributed by atoms with van der Waals surface area (Å²) in [5.41, 5.74) is 5.20. The number of hydrogen-bond acceptors (Lipinski definition) is 2. The lowest BCUT2D eigenvalue weighted by molar-refractivity contribution is 0.475. The van der Waals surface area contributed by atoms with E-state index in [0.717, 1.165) is 35.3 Å². The third-order valence-electron chi connectivity index (χ3n) is 4.45. The van der Waals surface area contributed by atoms with Crippen LogP contribution in [0.15, 0.2) is 36.4 Å². The summed E-state index contributed by atoms with van der Waals surface area (Å²) in [6, 6.07) is 11.5. The standard InChI is InChI=1S/C19H21ClN2O/c1-4-13(5-2)14-8-12(3)22-15(9-14)10-19(21-22)17-7-6-16(23)11-18(17)20/h6-11,13,23H,4-5H2,1-3H3. The van der Waals surface area contributed by atoms with Crippen LogP contribution in [-0.4, -0.2) is 14.7 Å². The van der Waals surface area contributed by atoms with Gasteiger partial charge in [0.15, 0.2) is 0 Å². The van der Waals surface area contributed by atoms with Gasteiger partial charge >= 0.3 is 0 Å². The molecule has 0 saturated heterocycles. The van der Waals surface area contributed by atoms with E-state index >= 15 is 0 Å². The number of phenols is 1. The molecular weight excluding hydrogens is 308 g/mol. The van der Waals surface area contributed by atoms with Gasteiger partial charge in [-0.2, -0.15) is 5.10 Å². The average Bonchev–Trinajstić information content (AvgIpc) is 2.93. The molecule has 0 aliphatic heterocycles. The molecule has 4 heteroatoms. The van der Waals surface area contributed by atoms with Crippen molar-refractivity contribution >= 4 is 17.1 Å². The smallest absolute Gasteiger partial charge is 0.117 e. The Kier molecular flexibility index (Phi) is 4.31. The van der Waals surface area contributed by atoms with Crippen molar-refractivity contribution in [2.45, 2.75) is 39.5 Å². The van der Waals surface area contributed by atoms with Gasteiger partial charge in [0, 0.05) is 11.3 Å². The van der Waals surface area contributed by atoms with Crippen LogP contribution in [0.2, 0.25) is 5.02 Å². The summed E-state index contributed by atoms with van der Waals surface area (Å²) in [4.78, 5) is 0. The number of aromatic hydroxyl groups is 1. The van der Waals surface area contributed by atoms with Gasteiger partial charge in [-0.1, -0.05) is 25.4 Å². The van der Waals surface area contributed by atoms with Crippen molar-refractivity contribution in [3.63, 3.8) is 0 Å². The van der Waals surface area contributed by atoms with E-state index in [2.05, 4.69) is 44.1 Å². The van der Waals surface area contributed by atoms with Gasteiger partial charge in [-0.25, -0.2) is 4.52 Å². The lowest BCUT2D eigenvalue weighted by atomic mass is 9.94. The molecule has 3 rings (SSSR count). The molecule has 0 atom stereocenters. The largest absolute Gasteiger partial charge is 0.508 e. The highest BCUT2D eigenvalue weighted by molar-refractivity contribution is 6.33. The molecule has 0 aliphatic rings. The van der Waals surface area contributed by atoms with E-state index < -0.39 is 0 Å². The number of hydrogen-bond donors (Lipinski definition) is 1. The van der Waals surface area contributed by atoms with Gasteiger partial charge < -0.3 is 5.11 Å². The first-order chi connectivity index (χ1) is 11.0. The van der Waals surface area contributed by atoms with E-state index in [1.54, 1.807) is 18.2 Å². The van der Waals surface area contributed by atoms with Crippen LogP contribution in [0.1, 0.15) is 43.9 Å². The Hall–Kier alpha value is -2.00. The van der Waals surface area contributed by atoms with Crippen LogP contribution in [-0.2, 0) is 0 Å². The molecule has 0 fully saturated rings. The number of pyridine rings is 1. The molecule has 0 saturated carbocycles. The fraction of sp³-hybridized carbons (Fsp3) is 0.316. The summed E-state index contributed by atoms with van der Waals surface area (Å²) in [5, 5.41) is 14.7. The number of rotatable bonds is 4. The molecule has 2 heterocycles. The number of benzene rings is 1.